The van der Waals surface area contributed by atoms with Crippen molar-refractivity contribution in [3.63, 3.8) is 0 Å². The summed E-state index contributed by atoms with van der Waals surface area (Å²) in [7, 11) is 1.65. The monoisotopic (exact) mass is 256 g/mol. The van der Waals surface area contributed by atoms with Crippen molar-refractivity contribution in [2.45, 2.75) is 13.2 Å². The maximum Gasteiger partial charge on any atom is 0.251 e. The minimum atomic E-state index is -0.102. The predicted octanol–water partition coefficient (Wildman–Crippen LogP) is 2.16. The third-order valence-corrected chi connectivity index (χ3v) is 2.68. The van der Waals surface area contributed by atoms with E-state index in [1.54, 1.807) is 25.4 Å². The fraction of sp³-hybridized carbons (Fsp3) is 0.200. The summed E-state index contributed by atoms with van der Waals surface area (Å²) in [5, 5.41) is 2.83. The molecule has 4 nitrogen and oxygen atoms in total. The number of benzene rings is 1. The van der Waals surface area contributed by atoms with Crippen LogP contribution in [-0.2, 0) is 17.9 Å². The Bertz CT molecular complexity index is 524. The molecular weight excluding hydrogens is 240 g/mol. The molecule has 0 aliphatic carbocycles. The lowest BCUT2D eigenvalue weighted by atomic mass is 10.1. The molecule has 0 aliphatic rings. The molecule has 19 heavy (non-hydrogen) atoms. The lowest BCUT2D eigenvalue weighted by molar-refractivity contribution is 0.0950. The van der Waals surface area contributed by atoms with Crippen LogP contribution in [0.15, 0.2) is 48.7 Å². The molecule has 0 fully saturated rings. The zero-order chi connectivity index (χ0) is 13.5. The Morgan fingerprint density at radius 1 is 1.21 bits per heavy atom. The average Bonchev–Trinajstić information content (AvgIpc) is 2.47. The number of nitrogens with zero attached hydrogens (tertiary/aromatic N) is 1. The van der Waals surface area contributed by atoms with E-state index in [9.17, 15) is 4.79 Å². The number of pyridine rings is 1. The van der Waals surface area contributed by atoms with Gasteiger partial charge in [0.2, 0.25) is 0 Å². The van der Waals surface area contributed by atoms with Crippen LogP contribution in [0.1, 0.15) is 21.6 Å². The van der Waals surface area contributed by atoms with E-state index in [-0.39, 0.29) is 5.91 Å². The minimum absolute atomic E-state index is 0.102. The van der Waals surface area contributed by atoms with Crippen LogP contribution in [0.25, 0.3) is 0 Å². The van der Waals surface area contributed by atoms with Crippen LogP contribution in [0.5, 0.6) is 0 Å². The predicted molar refractivity (Wildman–Crippen MR) is 72.6 cm³/mol. The number of carbonyl (C=O) groups is 1. The van der Waals surface area contributed by atoms with E-state index in [1.807, 2.05) is 30.3 Å². The molecule has 0 bridgehead atoms. The second-order valence-corrected chi connectivity index (χ2v) is 4.13. The third-order valence-electron chi connectivity index (χ3n) is 2.68. The van der Waals surface area contributed by atoms with Gasteiger partial charge >= 0.3 is 0 Å². The number of nitrogens with one attached hydrogen (secondary N) is 1. The van der Waals surface area contributed by atoms with Crippen molar-refractivity contribution >= 4 is 5.91 Å². The molecule has 0 saturated heterocycles. The first kappa shape index (κ1) is 13.2. The summed E-state index contributed by atoms with van der Waals surface area (Å²) < 4.78 is 5.02. The van der Waals surface area contributed by atoms with Crippen molar-refractivity contribution in [3.05, 3.63) is 65.5 Å². The first-order valence-electron chi connectivity index (χ1n) is 6.05. The standard InChI is InChI=1S/C15H16N2O2/c1-19-11-12-5-7-13(8-6-12)15(18)17-10-14-4-2-3-9-16-14/h2-9H,10-11H2,1H3,(H,17,18). The van der Waals surface area contributed by atoms with E-state index >= 15 is 0 Å². The van der Waals surface area contributed by atoms with Crippen molar-refractivity contribution in [3.8, 4) is 0 Å². The zero-order valence-corrected chi connectivity index (χ0v) is 10.8. The topological polar surface area (TPSA) is 51.2 Å². The van der Waals surface area contributed by atoms with Gasteiger partial charge in [0.05, 0.1) is 18.8 Å². The second-order valence-electron chi connectivity index (χ2n) is 4.13. The molecule has 0 unspecified atom stereocenters. The number of methoxy groups -OCH3 is 1. The molecule has 1 aromatic carbocycles. The molecule has 98 valence electrons. The molecule has 1 aromatic heterocycles. The highest BCUT2D eigenvalue weighted by Gasteiger charge is 2.05. The van der Waals surface area contributed by atoms with Gasteiger partial charge in [-0.2, -0.15) is 0 Å². The van der Waals surface area contributed by atoms with Crippen LogP contribution in [-0.4, -0.2) is 18.0 Å². The van der Waals surface area contributed by atoms with E-state index < -0.39 is 0 Å². The van der Waals surface area contributed by atoms with Gasteiger partial charge in [-0.15, -0.1) is 0 Å². The average molecular weight is 256 g/mol. The smallest absolute Gasteiger partial charge is 0.251 e. The Hall–Kier alpha value is -2.20. The molecule has 1 amide bonds. The van der Waals surface area contributed by atoms with Gasteiger partial charge in [-0.1, -0.05) is 18.2 Å². The van der Waals surface area contributed by atoms with Crippen LogP contribution in [0.4, 0.5) is 0 Å². The third kappa shape index (κ3) is 3.89. The van der Waals surface area contributed by atoms with Crippen LogP contribution in [0.3, 0.4) is 0 Å². The van der Waals surface area contributed by atoms with Gasteiger partial charge in [0, 0.05) is 18.9 Å². The quantitative estimate of drug-likeness (QED) is 0.891. The highest BCUT2D eigenvalue weighted by Crippen LogP contribution is 2.05. The van der Waals surface area contributed by atoms with Gasteiger partial charge in [-0.25, -0.2) is 0 Å². The Balaban J connectivity index is 1.92. The second kappa shape index (κ2) is 6.66. The first-order valence-corrected chi connectivity index (χ1v) is 6.05. The van der Waals surface area contributed by atoms with E-state index in [0.29, 0.717) is 18.7 Å². The zero-order valence-electron chi connectivity index (χ0n) is 10.8. The lowest BCUT2D eigenvalue weighted by Crippen LogP contribution is -2.23. The fourth-order valence-corrected chi connectivity index (χ4v) is 1.69. The normalized spacial score (nSPS) is 10.2. The number of hydrogen-bond donors (Lipinski definition) is 1. The van der Waals surface area contributed by atoms with Crippen molar-refractivity contribution < 1.29 is 9.53 Å². The number of hydrogen-bond acceptors (Lipinski definition) is 3. The van der Waals surface area contributed by atoms with Gasteiger partial charge in [0.25, 0.3) is 5.91 Å². The Kier molecular flexibility index (Phi) is 4.64. The lowest BCUT2D eigenvalue weighted by Gasteiger charge is -2.05. The number of rotatable bonds is 5. The van der Waals surface area contributed by atoms with Gasteiger partial charge in [-0.05, 0) is 29.8 Å². The highest BCUT2D eigenvalue weighted by atomic mass is 16.5. The van der Waals surface area contributed by atoms with Gasteiger partial charge in [-0.3, -0.25) is 9.78 Å². The van der Waals surface area contributed by atoms with Crippen LogP contribution < -0.4 is 5.32 Å². The largest absolute Gasteiger partial charge is 0.380 e. The fourth-order valence-electron chi connectivity index (χ4n) is 1.69. The van der Waals surface area contributed by atoms with E-state index in [1.165, 1.54) is 0 Å². The Morgan fingerprint density at radius 2 is 2.00 bits per heavy atom. The van der Waals surface area contributed by atoms with Crippen LogP contribution >= 0.6 is 0 Å². The number of aromatic nitrogens is 1. The molecule has 1 heterocycles. The summed E-state index contributed by atoms with van der Waals surface area (Å²) in [6.07, 6.45) is 1.71. The van der Waals surface area contributed by atoms with E-state index in [4.69, 9.17) is 4.74 Å². The molecule has 2 rings (SSSR count). The van der Waals surface area contributed by atoms with Crippen LogP contribution in [0.2, 0.25) is 0 Å². The van der Waals surface area contributed by atoms with Crippen molar-refractivity contribution in [2.75, 3.05) is 7.11 Å². The van der Waals surface area contributed by atoms with Crippen LogP contribution in [0, 0.1) is 0 Å². The SMILES string of the molecule is COCc1ccc(C(=O)NCc2ccccn2)cc1. The maximum absolute atomic E-state index is 11.9. The summed E-state index contributed by atoms with van der Waals surface area (Å²) in [5.74, 6) is -0.102. The summed E-state index contributed by atoms with van der Waals surface area (Å²) >= 11 is 0. The Morgan fingerprint density at radius 3 is 2.63 bits per heavy atom. The molecule has 0 spiro atoms. The highest BCUT2D eigenvalue weighted by molar-refractivity contribution is 5.94. The number of amides is 1. The molecule has 0 atom stereocenters. The van der Waals surface area contributed by atoms with E-state index in [0.717, 1.165) is 11.3 Å². The first-order chi connectivity index (χ1) is 9.29. The van der Waals surface area contributed by atoms with Crippen molar-refractivity contribution in [2.24, 2.45) is 0 Å². The summed E-state index contributed by atoms with van der Waals surface area (Å²) in [6, 6.07) is 13.0. The van der Waals surface area contributed by atoms with Gasteiger partial charge in [0.1, 0.15) is 0 Å². The number of carbonyl (C=O) groups excluding carboxylic acids is 1. The summed E-state index contributed by atoms with van der Waals surface area (Å²) in [6.45, 7) is 0.981. The van der Waals surface area contributed by atoms with Gasteiger partial charge < -0.3 is 10.1 Å². The minimum Gasteiger partial charge on any atom is -0.380 e. The number of ether oxygens (including phenoxy) is 1. The van der Waals surface area contributed by atoms with Crippen molar-refractivity contribution in [1.82, 2.24) is 10.3 Å². The Labute approximate surface area is 112 Å². The maximum atomic E-state index is 11.9. The van der Waals surface area contributed by atoms with Crippen molar-refractivity contribution in [1.29, 1.82) is 0 Å². The molecule has 2 aromatic rings. The summed E-state index contributed by atoms with van der Waals surface area (Å²) in [4.78, 5) is 16.1. The summed E-state index contributed by atoms with van der Waals surface area (Å²) in [5.41, 5.74) is 2.52. The molecule has 4 heteroatoms. The molecule has 0 radical (unpaired) electrons. The molecule has 0 aliphatic heterocycles. The molecule has 0 saturated carbocycles. The van der Waals surface area contributed by atoms with Gasteiger partial charge in [0.15, 0.2) is 0 Å². The molecule has 1 N–H and O–H groups in total. The van der Waals surface area contributed by atoms with E-state index in [2.05, 4.69) is 10.3 Å². The molecular formula is C15H16N2O2.